The number of hydrogen-bond donors (Lipinski definition) is 4. The van der Waals surface area contributed by atoms with E-state index < -0.39 is 24.4 Å². The van der Waals surface area contributed by atoms with Crippen molar-refractivity contribution in [3.05, 3.63) is 46.5 Å². The quantitative estimate of drug-likeness (QED) is 0.451. The van der Waals surface area contributed by atoms with Crippen LogP contribution in [0.2, 0.25) is 0 Å². The SMILES string of the molecule is C=C(/C=C\C(=C/CC)c1scnc1C)CNC(=O)[C@@H]1C[C@@H](O)CN1C(O)[C@H](C)N. The second kappa shape index (κ2) is 10.8. The first kappa shape index (κ1) is 23.4. The molecule has 5 N–H and O–H groups in total. The number of aliphatic hydroxyl groups excluding tert-OH is 2. The predicted molar refractivity (Wildman–Crippen MR) is 117 cm³/mol. The molecule has 2 heterocycles. The minimum atomic E-state index is -0.976. The molecule has 0 saturated carbocycles. The molecule has 1 unspecified atom stereocenters. The highest BCUT2D eigenvalue weighted by molar-refractivity contribution is 7.11. The molecule has 0 spiro atoms. The fourth-order valence-corrected chi connectivity index (χ4v) is 4.14. The number of nitrogens with two attached hydrogens (primary N) is 1. The molecule has 0 radical (unpaired) electrons. The Morgan fingerprint density at radius 1 is 1.55 bits per heavy atom. The third-order valence-corrected chi connectivity index (χ3v) is 5.83. The number of amides is 1. The number of likely N-dealkylation sites (tertiary alicyclic amines) is 1. The highest BCUT2D eigenvalue weighted by Crippen LogP contribution is 2.25. The van der Waals surface area contributed by atoms with Crippen molar-refractivity contribution in [3.8, 4) is 0 Å². The standard InChI is InChI=1S/C21H32N4O3S/c1-5-6-16(19-15(4)24-12-29-19)8-7-13(2)10-23-20(27)18-9-17(26)11-25(18)21(28)14(3)22/h6-8,12,14,17-18,21,26,28H,2,5,9-11,22H2,1,3-4H3,(H,23,27)/b8-7-,16-6+/t14-,17+,18-,21?/m0/s1. The fourth-order valence-electron chi connectivity index (χ4n) is 3.31. The Morgan fingerprint density at radius 3 is 2.86 bits per heavy atom. The van der Waals surface area contributed by atoms with Crippen LogP contribution in [0.5, 0.6) is 0 Å². The van der Waals surface area contributed by atoms with Crippen LogP contribution in [-0.4, -0.2) is 63.5 Å². The summed E-state index contributed by atoms with van der Waals surface area (Å²) in [6.07, 6.45) is 5.55. The van der Waals surface area contributed by atoms with Crippen molar-refractivity contribution >= 4 is 22.8 Å². The Hall–Kier alpha value is -1.84. The van der Waals surface area contributed by atoms with Crippen molar-refractivity contribution in [3.63, 3.8) is 0 Å². The molecule has 8 heteroatoms. The second-order valence-electron chi connectivity index (χ2n) is 7.42. The highest BCUT2D eigenvalue weighted by Gasteiger charge is 2.40. The first-order valence-electron chi connectivity index (χ1n) is 9.86. The van der Waals surface area contributed by atoms with Gasteiger partial charge in [0.15, 0.2) is 0 Å². The van der Waals surface area contributed by atoms with Gasteiger partial charge in [0.25, 0.3) is 0 Å². The summed E-state index contributed by atoms with van der Waals surface area (Å²) in [4.78, 5) is 19.6. The lowest BCUT2D eigenvalue weighted by molar-refractivity contribution is -0.129. The van der Waals surface area contributed by atoms with Crippen LogP contribution in [0.25, 0.3) is 5.57 Å². The smallest absolute Gasteiger partial charge is 0.237 e. The summed E-state index contributed by atoms with van der Waals surface area (Å²) in [7, 11) is 0. The molecule has 0 aliphatic carbocycles. The minimum Gasteiger partial charge on any atom is -0.392 e. The second-order valence-corrected chi connectivity index (χ2v) is 8.27. The lowest BCUT2D eigenvalue weighted by atomic mass is 10.1. The molecule has 4 atom stereocenters. The van der Waals surface area contributed by atoms with Crippen molar-refractivity contribution in [2.75, 3.05) is 13.1 Å². The lowest BCUT2D eigenvalue weighted by Gasteiger charge is -2.30. The van der Waals surface area contributed by atoms with Crippen molar-refractivity contribution in [2.45, 2.75) is 58.0 Å². The predicted octanol–water partition coefficient (Wildman–Crippen LogP) is 1.57. The molecule has 29 heavy (non-hydrogen) atoms. The first-order chi connectivity index (χ1) is 13.7. The van der Waals surface area contributed by atoms with Crippen LogP contribution in [0.4, 0.5) is 0 Å². The molecule has 0 aromatic carbocycles. The number of aromatic nitrogens is 1. The van der Waals surface area contributed by atoms with Crippen LogP contribution < -0.4 is 11.1 Å². The van der Waals surface area contributed by atoms with Gasteiger partial charge in [-0.25, -0.2) is 4.98 Å². The molecule has 1 fully saturated rings. The zero-order valence-corrected chi connectivity index (χ0v) is 18.2. The van der Waals surface area contributed by atoms with Crippen molar-refractivity contribution in [2.24, 2.45) is 5.73 Å². The summed E-state index contributed by atoms with van der Waals surface area (Å²) in [6.45, 7) is 10.3. The van der Waals surface area contributed by atoms with Gasteiger partial charge in [0.05, 0.1) is 28.2 Å². The first-order valence-corrected chi connectivity index (χ1v) is 10.7. The van der Waals surface area contributed by atoms with Crippen molar-refractivity contribution < 1.29 is 15.0 Å². The van der Waals surface area contributed by atoms with Crippen molar-refractivity contribution in [1.82, 2.24) is 15.2 Å². The zero-order valence-electron chi connectivity index (χ0n) is 17.3. The van der Waals surface area contributed by atoms with Gasteiger partial charge in [0.1, 0.15) is 6.23 Å². The van der Waals surface area contributed by atoms with Gasteiger partial charge in [-0.15, -0.1) is 11.3 Å². The zero-order chi connectivity index (χ0) is 21.6. The number of carbonyl (C=O) groups is 1. The number of nitrogens with zero attached hydrogens (tertiary/aromatic N) is 2. The summed E-state index contributed by atoms with van der Waals surface area (Å²) in [6, 6.07) is -1.13. The van der Waals surface area contributed by atoms with Gasteiger partial charge in [-0.2, -0.15) is 0 Å². The maximum atomic E-state index is 12.6. The molecule has 1 saturated heterocycles. The van der Waals surface area contributed by atoms with Crippen LogP contribution in [-0.2, 0) is 4.79 Å². The maximum absolute atomic E-state index is 12.6. The van der Waals surface area contributed by atoms with E-state index in [0.29, 0.717) is 0 Å². The molecule has 7 nitrogen and oxygen atoms in total. The molecular weight excluding hydrogens is 388 g/mol. The van der Waals surface area contributed by atoms with E-state index in [-0.39, 0.29) is 25.4 Å². The third kappa shape index (κ3) is 6.32. The van der Waals surface area contributed by atoms with Gasteiger partial charge < -0.3 is 21.3 Å². The minimum absolute atomic E-state index is 0.223. The van der Waals surface area contributed by atoms with Crippen molar-refractivity contribution in [1.29, 1.82) is 0 Å². The number of aliphatic hydroxyl groups is 2. The van der Waals surface area contributed by atoms with E-state index in [1.165, 1.54) is 0 Å². The Balaban J connectivity index is 1.95. The summed E-state index contributed by atoms with van der Waals surface area (Å²) in [5.41, 5.74) is 10.4. The summed E-state index contributed by atoms with van der Waals surface area (Å²) in [5, 5.41) is 23.0. The van der Waals surface area contributed by atoms with Gasteiger partial charge >= 0.3 is 0 Å². The Labute approximate surface area is 176 Å². The molecular formula is C21H32N4O3S. The Morgan fingerprint density at radius 2 is 2.28 bits per heavy atom. The van der Waals surface area contributed by atoms with Gasteiger partial charge in [-0.1, -0.05) is 31.7 Å². The molecule has 2 rings (SSSR count). The number of aryl methyl sites for hydroxylation is 1. The largest absolute Gasteiger partial charge is 0.392 e. The summed E-state index contributed by atoms with van der Waals surface area (Å²) < 4.78 is 0. The summed E-state index contributed by atoms with van der Waals surface area (Å²) >= 11 is 1.60. The Bertz CT molecular complexity index is 772. The monoisotopic (exact) mass is 420 g/mol. The van der Waals surface area contributed by atoms with Crippen LogP contribution in [0.1, 0.15) is 37.3 Å². The summed E-state index contributed by atoms with van der Waals surface area (Å²) in [5.74, 6) is -0.251. The van der Waals surface area contributed by atoms with E-state index in [1.54, 1.807) is 23.2 Å². The van der Waals surface area contributed by atoms with E-state index in [4.69, 9.17) is 5.73 Å². The Kier molecular flexibility index (Phi) is 8.73. The van der Waals surface area contributed by atoms with Gasteiger partial charge in [-0.05, 0) is 37.8 Å². The van der Waals surface area contributed by atoms with Gasteiger partial charge in [0, 0.05) is 19.1 Å². The third-order valence-electron chi connectivity index (χ3n) is 4.85. The number of allylic oxidation sites excluding steroid dienone is 3. The number of carbonyl (C=O) groups excluding carboxylic acids is 1. The van der Waals surface area contributed by atoms with Gasteiger partial charge in [-0.3, -0.25) is 9.69 Å². The number of nitrogens with one attached hydrogen (secondary N) is 1. The number of thiazole rings is 1. The lowest BCUT2D eigenvalue weighted by Crippen LogP contribution is -2.53. The molecule has 1 amide bonds. The van der Waals surface area contributed by atoms with E-state index in [2.05, 4.69) is 29.9 Å². The molecule has 1 aliphatic heterocycles. The van der Waals surface area contributed by atoms with Crippen LogP contribution in [0, 0.1) is 6.92 Å². The maximum Gasteiger partial charge on any atom is 0.237 e. The average molecular weight is 421 g/mol. The number of β-amino-alcohol motifs (C(OH)–C–C–N with tert-alkyl or cyclic N) is 1. The van der Waals surface area contributed by atoms with Crippen LogP contribution in [0.15, 0.2) is 35.9 Å². The molecule has 1 aromatic heterocycles. The molecule has 0 bridgehead atoms. The van der Waals surface area contributed by atoms with E-state index in [1.807, 2.05) is 24.6 Å². The van der Waals surface area contributed by atoms with E-state index >= 15 is 0 Å². The normalized spacial score (nSPS) is 22.8. The van der Waals surface area contributed by atoms with E-state index in [9.17, 15) is 15.0 Å². The molecule has 1 aromatic rings. The molecule has 1 aliphatic rings. The fraction of sp³-hybridized carbons (Fsp3) is 0.524. The number of rotatable bonds is 9. The average Bonchev–Trinajstić information content (AvgIpc) is 3.28. The topological polar surface area (TPSA) is 112 Å². The van der Waals surface area contributed by atoms with Crippen LogP contribution in [0.3, 0.4) is 0 Å². The van der Waals surface area contributed by atoms with E-state index in [0.717, 1.165) is 28.1 Å². The van der Waals surface area contributed by atoms with Crippen LogP contribution >= 0.6 is 11.3 Å². The number of hydrogen-bond acceptors (Lipinski definition) is 7. The molecule has 160 valence electrons. The van der Waals surface area contributed by atoms with Gasteiger partial charge in [0.2, 0.25) is 5.91 Å². The highest BCUT2D eigenvalue weighted by atomic mass is 32.1.